The lowest BCUT2D eigenvalue weighted by molar-refractivity contribution is -0.122. The summed E-state index contributed by atoms with van der Waals surface area (Å²) in [5.41, 5.74) is 1.75. The molecule has 2 amide bonds. The van der Waals surface area contributed by atoms with E-state index in [-0.39, 0.29) is 36.8 Å². The predicted molar refractivity (Wildman–Crippen MR) is 120 cm³/mol. The number of nitrogens with zero attached hydrogens (tertiary/aromatic N) is 3. The SMILES string of the molecule is CNC(=O)COc1cccc(Nc2ncc(F)c(Nc3ccc4c(c3)OCC(=O)N4C)n2)c1. The average molecular weight is 452 g/mol. The number of hydrogen-bond acceptors (Lipinski definition) is 8. The van der Waals surface area contributed by atoms with Gasteiger partial charge in [-0.1, -0.05) is 6.07 Å². The fraction of sp³-hybridized carbons (Fsp3) is 0.182. The molecule has 0 saturated heterocycles. The standard InChI is InChI=1S/C22H21FN6O4/c1-24-19(30)11-32-15-5-3-4-13(8-15)27-22-25-10-16(23)21(28-22)26-14-6-7-17-18(9-14)33-12-20(31)29(17)2/h3-10H,11-12H2,1-2H3,(H,24,30)(H2,25,26,27,28). The number of anilines is 5. The lowest BCUT2D eigenvalue weighted by Crippen LogP contribution is -2.35. The van der Waals surface area contributed by atoms with Crippen molar-refractivity contribution in [3.8, 4) is 11.5 Å². The summed E-state index contributed by atoms with van der Waals surface area (Å²) < 4.78 is 25.2. The van der Waals surface area contributed by atoms with Gasteiger partial charge in [0, 0.05) is 37.6 Å². The Labute approximate surface area is 188 Å². The number of fused-ring (bicyclic) bond motifs is 1. The molecule has 1 aliphatic heterocycles. The van der Waals surface area contributed by atoms with Crippen molar-refractivity contribution in [3.63, 3.8) is 0 Å². The molecule has 10 nitrogen and oxygen atoms in total. The first kappa shape index (κ1) is 21.8. The molecule has 2 aromatic carbocycles. The summed E-state index contributed by atoms with van der Waals surface area (Å²) in [7, 11) is 3.19. The van der Waals surface area contributed by atoms with Crippen LogP contribution < -0.4 is 30.3 Å². The first-order chi connectivity index (χ1) is 15.9. The maximum absolute atomic E-state index is 14.4. The van der Waals surface area contributed by atoms with Crippen molar-refractivity contribution < 1.29 is 23.5 Å². The number of hydrogen-bond donors (Lipinski definition) is 3. The van der Waals surface area contributed by atoms with Crippen LogP contribution in [0.3, 0.4) is 0 Å². The third-order valence-corrected chi connectivity index (χ3v) is 4.79. The molecule has 2 heterocycles. The average Bonchev–Trinajstić information content (AvgIpc) is 2.82. The lowest BCUT2D eigenvalue weighted by atomic mass is 10.2. The maximum Gasteiger partial charge on any atom is 0.264 e. The van der Waals surface area contributed by atoms with Crippen LogP contribution in [0.1, 0.15) is 0 Å². The third kappa shape index (κ3) is 5.09. The second kappa shape index (κ2) is 9.39. The molecule has 0 bridgehead atoms. The van der Waals surface area contributed by atoms with E-state index in [0.29, 0.717) is 28.6 Å². The van der Waals surface area contributed by atoms with E-state index in [1.165, 1.54) is 11.9 Å². The normalized spacial score (nSPS) is 12.5. The summed E-state index contributed by atoms with van der Waals surface area (Å²) in [5, 5.41) is 8.36. The molecule has 0 fully saturated rings. The highest BCUT2D eigenvalue weighted by atomic mass is 19.1. The van der Waals surface area contributed by atoms with Crippen LogP contribution in [-0.2, 0) is 9.59 Å². The van der Waals surface area contributed by atoms with Crippen LogP contribution in [0.25, 0.3) is 0 Å². The third-order valence-electron chi connectivity index (χ3n) is 4.79. The zero-order chi connectivity index (χ0) is 23.4. The van der Waals surface area contributed by atoms with Gasteiger partial charge in [-0.25, -0.2) is 9.37 Å². The Morgan fingerprint density at radius 1 is 1.21 bits per heavy atom. The Kier molecular flexibility index (Phi) is 6.20. The van der Waals surface area contributed by atoms with Crippen molar-refractivity contribution in [2.75, 3.05) is 42.8 Å². The van der Waals surface area contributed by atoms with Gasteiger partial charge in [-0.3, -0.25) is 9.59 Å². The predicted octanol–water partition coefficient (Wildman–Crippen LogP) is 2.58. The van der Waals surface area contributed by atoms with E-state index in [0.717, 1.165) is 6.20 Å². The highest BCUT2D eigenvalue weighted by Gasteiger charge is 2.22. The minimum absolute atomic E-state index is 0.0419. The van der Waals surface area contributed by atoms with Gasteiger partial charge in [0.25, 0.3) is 11.8 Å². The van der Waals surface area contributed by atoms with E-state index in [1.807, 2.05) is 0 Å². The van der Waals surface area contributed by atoms with E-state index in [2.05, 4.69) is 25.9 Å². The molecule has 11 heteroatoms. The molecule has 170 valence electrons. The highest BCUT2D eigenvalue weighted by molar-refractivity contribution is 5.97. The molecular weight excluding hydrogens is 431 g/mol. The quantitative estimate of drug-likeness (QED) is 0.501. The van der Waals surface area contributed by atoms with E-state index < -0.39 is 5.82 Å². The van der Waals surface area contributed by atoms with Gasteiger partial charge in [0.2, 0.25) is 5.95 Å². The zero-order valence-corrected chi connectivity index (χ0v) is 17.9. The lowest BCUT2D eigenvalue weighted by Gasteiger charge is -2.26. The fourth-order valence-corrected chi connectivity index (χ4v) is 3.02. The summed E-state index contributed by atoms with van der Waals surface area (Å²) in [5.74, 6) is 0.0430. The maximum atomic E-state index is 14.4. The van der Waals surface area contributed by atoms with Crippen molar-refractivity contribution >= 4 is 40.6 Å². The molecule has 0 unspecified atom stereocenters. The number of aromatic nitrogens is 2. The Balaban J connectivity index is 1.49. The molecule has 3 aromatic rings. The largest absolute Gasteiger partial charge is 0.484 e. The number of benzene rings is 2. The number of nitrogens with one attached hydrogen (secondary N) is 3. The van der Waals surface area contributed by atoms with E-state index >= 15 is 0 Å². The number of carbonyl (C=O) groups is 2. The van der Waals surface area contributed by atoms with Crippen LogP contribution in [0.5, 0.6) is 11.5 Å². The number of halogens is 1. The molecule has 0 saturated carbocycles. The summed E-state index contributed by atoms with van der Waals surface area (Å²) in [6.07, 6.45) is 1.05. The molecule has 1 aliphatic rings. The Hall–Kier alpha value is -4.41. The number of carbonyl (C=O) groups excluding carboxylic acids is 2. The first-order valence-corrected chi connectivity index (χ1v) is 9.96. The minimum Gasteiger partial charge on any atom is -0.484 e. The van der Waals surface area contributed by atoms with E-state index in [1.54, 1.807) is 49.5 Å². The second-order valence-electron chi connectivity index (χ2n) is 7.05. The van der Waals surface area contributed by atoms with E-state index in [9.17, 15) is 14.0 Å². The van der Waals surface area contributed by atoms with Gasteiger partial charge in [-0.05, 0) is 24.3 Å². The molecule has 3 N–H and O–H groups in total. The van der Waals surface area contributed by atoms with Crippen LogP contribution in [0.4, 0.5) is 33.2 Å². The van der Waals surface area contributed by atoms with Crippen LogP contribution >= 0.6 is 0 Å². The van der Waals surface area contributed by atoms with Crippen molar-refractivity contribution in [2.45, 2.75) is 0 Å². The van der Waals surface area contributed by atoms with Crippen LogP contribution in [0.2, 0.25) is 0 Å². The van der Waals surface area contributed by atoms with Crippen molar-refractivity contribution in [2.24, 2.45) is 0 Å². The van der Waals surface area contributed by atoms with Crippen LogP contribution in [0.15, 0.2) is 48.7 Å². The molecule has 0 aliphatic carbocycles. The van der Waals surface area contributed by atoms with Crippen molar-refractivity contribution in [1.29, 1.82) is 0 Å². The molecule has 1 aromatic heterocycles. The van der Waals surface area contributed by atoms with Gasteiger partial charge in [0.1, 0.15) is 11.5 Å². The Bertz CT molecular complexity index is 1210. The Morgan fingerprint density at radius 2 is 2.03 bits per heavy atom. The molecule has 0 atom stereocenters. The molecule has 0 radical (unpaired) electrons. The smallest absolute Gasteiger partial charge is 0.264 e. The van der Waals surface area contributed by atoms with E-state index in [4.69, 9.17) is 9.47 Å². The van der Waals surface area contributed by atoms with Gasteiger partial charge in [0.05, 0.1) is 11.9 Å². The zero-order valence-electron chi connectivity index (χ0n) is 17.9. The van der Waals surface area contributed by atoms with Gasteiger partial charge in [-0.2, -0.15) is 4.98 Å². The van der Waals surface area contributed by atoms with Crippen LogP contribution in [0, 0.1) is 5.82 Å². The first-order valence-electron chi connectivity index (χ1n) is 9.96. The number of likely N-dealkylation sites (N-methyl/N-ethyl adjacent to an activating group) is 2. The second-order valence-corrected chi connectivity index (χ2v) is 7.05. The highest BCUT2D eigenvalue weighted by Crippen LogP contribution is 2.34. The summed E-state index contributed by atoms with van der Waals surface area (Å²) in [6.45, 7) is -0.176. The number of amides is 2. The van der Waals surface area contributed by atoms with Crippen molar-refractivity contribution in [1.82, 2.24) is 15.3 Å². The molecule has 33 heavy (non-hydrogen) atoms. The van der Waals surface area contributed by atoms with Gasteiger partial charge in [-0.15, -0.1) is 0 Å². The summed E-state index contributed by atoms with van der Waals surface area (Å²) >= 11 is 0. The number of rotatable bonds is 7. The van der Waals surface area contributed by atoms with Gasteiger partial charge < -0.3 is 30.3 Å². The minimum atomic E-state index is -0.644. The van der Waals surface area contributed by atoms with Crippen LogP contribution in [-0.4, -0.2) is 49.1 Å². The van der Waals surface area contributed by atoms with Gasteiger partial charge >= 0.3 is 0 Å². The molecule has 4 rings (SSSR count). The topological polar surface area (TPSA) is 118 Å². The van der Waals surface area contributed by atoms with Crippen molar-refractivity contribution in [3.05, 3.63) is 54.5 Å². The molecular formula is C22H21FN6O4. The molecule has 0 spiro atoms. The number of ether oxygens (including phenoxy) is 2. The summed E-state index contributed by atoms with van der Waals surface area (Å²) in [4.78, 5) is 32.8. The monoisotopic (exact) mass is 452 g/mol. The van der Waals surface area contributed by atoms with Gasteiger partial charge in [0.15, 0.2) is 24.8 Å². The summed E-state index contributed by atoms with van der Waals surface area (Å²) in [6, 6.07) is 11.9. The Morgan fingerprint density at radius 3 is 2.85 bits per heavy atom. The fourth-order valence-electron chi connectivity index (χ4n) is 3.02.